The second-order valence-corrected chi connectivity index (χ2v) is 4.41. The summed E-state index contributed by atoms with van der Waals surface area (Å²) >= 11 is 0. The highest BCUT2D eigenvalue weighted by Gasteiger charge is 2.23. The fourth-order valence-corrected chi connectivity index (χ4v) is 2.14. The Morgan fingerprint density at radius 3 is 2.50 bits per heavy atom. The molecule has 0 bridgehead atoms. The minimum Gasteiger partial charge on any atom is -0.496 e. The van der Waals surface area contributed by atoms with Gasteiger partial charge in [-0.3, -0.25) is 10.1 Å². The fourth-order valence-electron chi connectivity index (χ4n) is 2.14. The number of nitrogens with zero attached hydrogens (tertiary/aromatic N) is 1. The van der Waals surface area contributed by atoms with Crippen LogP contribution in [0.1, 0.15) is 12.5 Å². The Morgan fingerprint density at radius 2 is 1.91 bits per heavy atom. The number of hydrogen-bond acceptors (Lipinski definition) is 5. The highest BCUT2D eigenvalue weighted by atomic mass is 16.6. The van der Waals surface area contributed by atoms with Crippen molar-refractivity contribution in [3.63, 3.8) is 0 Å². The minimum absolute atomic E-state index is 0.0768. The lowest BCUT2D eigenvalue weighted by molar-refractivity contribution is -0.419. The lowest BCUT2D eigenvalue weighted by atomic mass is 10.0. The van der Waals surface area contributed by atoms with E-state index in [4.69, 9.17) is 9.47 Å². The van der Waals surface area contributed by atoms with Gasteiger partial charge in [-0.1, -0.05) is 30.3 Å². The molecule has 0 spiro atoms. The summed E-state index contributed by atoms with van der Waals surface area (Å²) in [6.07, 6.45) is 1.22. The van der Waals surface area contributed by atoms with Gasteiger partial charge < -0.3 is 9.47 Å². The first-order valence-corrected chi connectivity index (χ1v) is 6.67. The van der Waals surface area contributed by atoms with Gasteiger partial charge in [0.25, 0.3) is 0 Å². The molecule has 0 N–H and O–H groups in total. The Morgan fingerprint density at radius 1 is 1.23 bits per heavy atom. The Kier molecular flexibility index (Phi) is 4.73. The predicted molar refractivity (Wildman–Crippen MR) is 82.1 cm³/mol. The molecule has 0 unspecified atom stereocenters. The molecule has 6 nitrogen and oxygen atoms in total. The Labute approximate surface area is 127 Å². The zero-order valence-electron chi connectivity index (χ0n) is 12.2. The summed E-state index contributed by atoms with van der Waals surface area (Å²) in [5.74, 6) is -0.293. The Balaban J connectivity index is 2.61. The van der Waals surface area contributed by atoms with Gasteiger partial charge >= 0.3 is 11.7 Å². The number of methoxy groups -OCH3 is 1. The maximum atomic E-state index is 11.7. The molecule has 2 aromatic carbocycles. The molecule has 114 valence electrons. The molecular weight excluding hydrogens is 286 g/mol. The molecule has 6 heteroatoms. The van der Waals surface area contributed by atoms with Crippen LogP contribution in [0.25, 0.3) is 16.8 Å². The van der Waals surface area contributed by atoms with Gasteiger partial charge in [-0.15, -0.1) is 0 Å². The van der Waals surface area contributed by atoms with E-state index >= 15 is 0 Å². The molecule has 0 atom stereocenters. The van der Waals surface area contributed by atoms with Crippen molar-refractivity contribution in [3.8, 4) is 5.75 Å². The molecule has 0 fully saturated rings. The molecule has 0 heterocycles. The van der Waals surface area contributed by atoms with Gasteiger partial charge in [-0.2, -0.15) is 0 Å². The highest BCUT2D eigenvalue weighted by molar-refractivity contribution is 5.98. The van der Waals surface area contributed by atoms with Crippen LogP contribution in [0.5, 0.6) is 5.75 Å². The van der Waals surface area contributed by atoms with Gasteiger partial charge in [0.1, 0.15) is 5.75 Å². The Hall–Kier alpha value is -2.89. The summed E-state index contributed by atoms with van der Waals surface area (Å²) in [4.78, 5) is 22.0. The highest BCUT2D eigenvalue weighted by Crippen LogP contribution is 2.29. The number of rotatable bonds is 5. The number of carbonyl (C=O) groups is 1. The molecule has 0 aromatic heterocycles. The monoisotopic (exact) mass is 301 g/mol. The van der Waals surface area contributed by atoms with E-state index < -0.39 is 16.6 Å². The van der Waals surface area contributed by atoms with E-state index in [1.54, 1.807) is 26.2 Å². The molecule has 2 rings (SSSR count). The van der Waals surface area contributed by atoms with E-state index in [0.717, 1.165) is 10.8 Å². The van der Waals surface area contributed by atoms with Crippen LogP contribution < -0.4 is 4.74 Å². The second-order valence-electron chi connectivity index (χ2n) is 4.41. The number of hydrogen-bond donors (Lipinski definition) is 0. The number of esters is 1. The van der Waals surface area contributed by atoms with Crippen LogP contribution in [0.4, 0.5) is 0 Å². The van der Waals surface area contributed by atoms with E-state index in [0.29, 0.717) is 11.3 Å². The summed E-state index contributed by atoms with van der Waals surface area (Å²) < 4.78 is 10.00. The smallest absolute Gasteiger partial charge is 0.409 e. The third kappa shape index (κ3) is 3.06. The van der Waals surface area contributed by atoms with Crippen LogP contribution in [0, 0.1) is 10.1 Å². The van der Waals surface area contributed by atoms with Gasteiger partial charge in [0.05, 0.1) is 18.6 Å². The van der Waals surface area contributed by atoms with E-state index in [1.807, 2.05) is 24.3 Å². The van der Waals surface area contributed by atoms with Crippen molar-refractivity contribution in [1.82, 2.24) is 0 Å². The van der Waals surface area contributed by atoms with Crippen molar-refractivity contribution >= 4 is 22.8 Å². The van der Waals surface area contributed by atoms with E-state index in [9.17, 15) is 14.9 Å². The van der Waals surface area contributed by atoms with Crippen LogP contribution >= 0.6 is 0 Å². The molecular formula is C16H15NO5. The van der Waals surface area contributed by atoms with Crippen molar-refractivity contribution in [1.29, 1.82) is 0 Å². The fraction of sp³-hybridized carbons (Fsp3) is 0.188. The van der Waals surface area contributed by atoms with Gasteiger partial charge in [0.15, 0.2) is 0 Å². The summed E-state index contributed by atoms with van der Waals surface area (Å²) in [6.45, 7) is 1.67. The number of nitro groups is 1. The van der Waals surface area contributed by atoms with Crippen LogP contribution in [0.2, 0.25) is 0 Å². The number of fused-ring (bicyclic) bond motifs is 1. The summed E-state index contributed by atoms with van der Waals surface area (Å²) in [7, 11) is 1.55. The number of benzene rings is 2. The molecule has 2 aromatic rings. The van der Waals surface area contributed by atoms with Crippen molar-refractivity contribution in [2.45, 2.75) is 6.92 Å². The minimum atomic E-state index is -0.951. The normalized spacial score (nSPS) is 11.3. The van der Waals surface area contributed by atoms with Crippen molar-refractivity contribution in [3.05, 3.63) is 57.8 Å². The zero-order valence-corrected chi connectivity index (χ0v) is 12.2. The lowest BCUT2D eigenvalue weighted by Crippen LogP contribution is -2.14. The molecule has 0 aliphatic rings. The summed E-state index contributed by atoms with van der Waals surface area (Å²) in [6, 6.07) is 10.7. The van der Waals surface area contributed by atoms with Gasteiger partial charge in [-0.25, -0.2) is 4.79 Å². The number of carbonyl (C=O) groups excluding carboxylic acids is 1. The van der Waals surface area contributed by atoms with E-state index in [2.05, 4.69) is 0 Å². The first-order valence-electron chi connectivity index (χ1n) is 6.67. The third-order valence-corrected chi connectivity index (χ3v) is 3.11. The van der Waals surface area contributed by atoms with Crippen molar-refractivity contribution in [2.24, 2.45) is 0 Å². The average molecular weight is 301 g/mol. The molecule has 0 saturated carbocycles. The van der Waals surface area contributed by atoms with E-state index in [1.165, 1.54) is 6.08 Å². The quantitative estimate of drug-likeness (QED) is 0.367. The lowest BCUT2D eigenvalue weighted by Gasteiger charge is -2.08. The predicted octanol–water partition coefficient (Wildman–Crippen LogP) is 3.03. The largest absolute Gasteiger partial charge is 0.496 e. The van der Waals surface area contributed by atoms with Crippen molar-refractivity contribution in [2.75, 3.05) is 13.7 Å². The zero-order chi connectivity index (χ0) is 16.1. The molecule has 22 heavy (non-hydrogen) atoms. The average Bonchev–Trinajstić information content (AvgIpc) is 2.52. The standard InChI is InChI=1S/C16H15NO5/c1-3-22-16(18)14(17(19)20)10-11-8-9-15(21-2)13-7-5-4-6-12(11)13/h4-10H,3H2,1-2H3/b14-10-. The summed E-state index contributed by atoms with van der Waals surface area (Å²) in [5.41, 5.74) is -0.0478. The topological polar surface area (TPSA) is 78.7 Å². The summed E-state index contributed by atoms with van der Waals surface area (Å²) in [5, 5.41) is 12.7. The maximum absolute atomic E-state index is 11.7. The van der Waals surface area contributed by atoms with Crippen LogP contribution in [-0.2, 0) is 9.53 Å². The first kappa shape index (κ1) is 15.5. The van der Waals surface area contributed by atoms with Crippen LogP contribution in [-0.4, -0.2) is 24.6 Å². The molecule has 0 aliphatic heterocycles. The SMILES string of the molecule is CCOC(=O)/C(=C/c1ccc(OC)c2ccccc12)[N+](=O)[O-]. The maximum Gasteiger partial charge on any atom is 0.409 e. The molecule has 0 aliphatic carbocycles. The van der Waals surface area contributed by atoms with Gasteiger partial charge in [0.2, 0.25) is 0 Å². The van der Waals surface area contributed by atoms with Crippen LogP contribution in [0.3, 0.4) is 0 Å². The Bertz CT molecular complexity index is 751. The van der Waals surface area contributed by atoms with Crippen molar-refractivity contribution < 1.29 is 19.2 Å². The second kappa shape index (κ2) is 6.71. The first-order chi connectivity index (χ1) is 10.6. The number of ether oxygens (including phenoxy) is 2. The molecule has 0 saturated heterocycles. The van der Waals surface area contributed by atoms with Gasteiger partial charge in [0, 0.05) is 11.5 Å². The van der Waals surface area contributed by atoms with Gasteiger partial charge in [-0.05, 0) is 23.9 Å². The molecule has 0 amide bonds. The van der Waals surface area contributed by atoms with Crippen LogP contribution in [0.15, 0.2) is 42.1 Å². The van der Waals surface area contributed by atoms with E-state index in [-0.39, 0.29) is 6.61 Å². The molecule has 0 radical (unpaired) electrons. The third-order valence-electron chi connectivity index (χ3n) is 3.11.